The molecule has 72 valence electrons. The van der Waals surface area contributed by atoms with E-state index in [9.17, 15) is 9.18 Å². The molecular formula is C7H11FN4O. The van der Waals surface area contributed by atoms with Crippen LogP contribution in [0, 0.1) is 0 Å². The van der Waals surface area contributed by atoms with Gasteiger partial charge in [-0.3, -0.25) is 9.47 Å². The number of fused-ring (bicyclic) bond motifs is 1. The van der Waals surface area contributed by atoms with Crippen LogP contribution in [-0.2, 0) is 13.1 Å². The number of aromatic amines is 1. The molecule has 13 heavy (non-hydrogen) atoms. The molecule has 0 atom stereocenters. The van der Waals surface area contributed by atoms with Gasteiger partial charge in [-0.1, -0.05) is 0 Å². The molecule has 0 aromatic carbocycles. The summed E-state index contributed by atoms with van der Waals surface area (Å²) in [4.78, 5) is 13.0. The van der Waals surface area contributed by atoms with E-state index < -0.39 is 0 Å². The van der Waals surface area contributed by atoms with E-state index in [-0.39, 0.29) is 12.4 Å². The van der Waals surface area contributed by atoms with E-state index in [4.69, 9.17) is 0 Å². The van der Waals surface area contributed by atoms with Gasteiger partial charge in [-0.15, -0.1) is 0 Å². The molecule has 6 heteroatoms. The van der Waals surface area contributed by atoms with Crippen LogP contribution in [0.5, 0.6) is 0 Å². The molecule has 0 spiro atoms. The Hall–Kier alpha value is -1.17. The van der Waals surface area contributed by atoms with Crippen molar-refractivity contribution in [1.82, 2.24) is 19.7 Å². The highest BCUT2D eigenvalue weighted by molar-refractivity contribution is 4.90. The van der Waals surface area contributed by atoms with E-state index in [1.54, 1.807) is 4.57 Å². The Balaban J connectivity index is 2.16. The molecular weight excluding hydrogens is 175 g/mol. The SMILES string of the molecule is O=c1[nH]nc2n1CCN(CCF)C2. The van der Waals surface area contributed by atoms with Gasteiger partial charge in [0.25, 0.3) is 0 Å². The first-order valence-electron chi connectivity index (χ1n) is 4.23. The standard InChI is InChI=1S/C7H11FN4O/c8-1-2-11-3-4-12-6(5-11)9-10-7(12)13/h1-5H2,(H,10,13). The van der Waals surface area contributed by atoms with Crippen molar-refractivity contribution >= 4 is 0 Å². The number of nitrogens with zero attached hydrogens (tertiary/aromatic N) is 3. The Bertz CT molecular complexity index is 345. The third-order valence-electron chi connectivity index (χ3n) is 2.24. The van der Waals surface area contributed by atoms with Crippen LogP contribution in [-0.4, -0.2) is 39.4 Å². The lowest BCUT2D eigenvalue weighted by molar-refractivity contribution is 0.199. The number of hydrogen-bond donors (Lipinski definition) is 1. The fraction of sp³-hybridized carbons (Fsp3) is 0.714. The van der Waals surface area contributed by atoms with Crippen LogP contribution in [0.25, 0.3) is 0 Å². The lowest BCUT2D eigenvalue weighted by Crippen LogP contribution is -2.38. The zero-order valence-electron chi connectivity index (χ0n) is 7.16. The van der Waals surface area contributed by atoms with E-state index in [0.29, 0.717) is 25.5 Å². The third kappa shape index (κ3) is 1.49. The second kappa shape index (κ2) is 3.29. The van der Waals surface area contributed by atoms with Crippen LogP contribution >= 0.6 is 0 Å². The lowest BCUT2D eigenvalue weighted by atomic mass is 10.3. The predicted molar refractivity (Wildman–Crippen MR) is 44.1 cm³/mol. The molecule has 0 aliphatic carbocycles. The number of halogens is 1. The summed E-state index contributed by atoms with van der Waals surface area (Å²) in [5, 5.41) is 6.23. The van der Waals surface area contributed by atoms with E-state index in [2.05, 4.69) is 10.2 Å². The first-order valence-corrected chi connectivity index (χ1v) is 4.23. The van der Waals surface area contributed by atoms with Crippen molar-refractivity contribution in [2.45, 2.75) is 13.1 Å². The first kappa shape index (κ1) is 8.43. The summed E-state index contributed by atoms with van der Waals surface area (Å²) in [6, 6.07) is 0. The molecule has 0 fully saturated rings. The number of nitrogens with one attached hydrogen (secondary N) is 1. The summed E-state index contributed by atoms with van der Waals surface area (Å²) >= 11 is 0. The van der Waals surface area contributed by atoms with Gasteiger partial charge in [0.05, 0.1) is 6.54 Å². The van der Waals surface area contributed by atoms with Gasteiger partial charge in [0.2, 0.25) is 0 Å². The quantitative estimate of drug-likeness (QED) is 0.668. The average Bonchev–Trinajstić information content (AvgIpc) is 2.48. The number of alkyl halides is 1. The van der Waals surface area contributed by atoms with Crippen molar-refractivity contribution < 1.29 is 4.39 Å². The molecule has 1 N–H and O–H groups in total. The lowest BCUT2D eigenvalue weighted by Gasteiger charge is -2.25. The average molecular weight is 186 g/mol. The predicted octanol–water partition coefficient (Wildman–Crippen LogP) is -0.644. The van der Waals surface area contributed by atoms with Gasteiger partial charge < -0.3 is 0 Å². The van der Waals surface area contributed by atoms with Gasteiger partial charge in [0.1, 0.15) is 12.5 Å². The highest BCUT2D eigenvalue weighted by Gasteiger charge is 2.18. The smallest absolute Gasteiger partial charge is 0.292 e. The molecule has 5 nitrogen and oxygen atoms in total. The molecule has 0 unspecified atom stereocenters. The molecule has 1 aliphatic rings. The molecule has 0 bridgehead atoms. The van der Waals surface area contributed by atoms with Crippen molar-refractivity contribution in [3.8, 4) is 0 Å². The van der Waals surface area contributed by atoms with Crippen molar-refractivity contribution in [3.05, 3.63) is 16.3 Å². The maximum Gasteiger partial charge on any atom is 0.343 e. The normalized spacial score (nSPS) is 17.3. The summed E-state index contributed by atoms with van der Waals surface area (Å²) in [7, 11) is 0. The molecule has 0 saturated heterocycles. The monoisotopic (exact) mass is 186 g/mol. The Morgan fingerprint density at radius 1 is 1.54 bits per heavy atom. The highest BCUT2D eigenvalue weighted by atomic mass is 19.1. The van der Waals surface area contributed by atoms with Crippen molar-refractivity contribution in [2.75, 3.05) is 19.8 Å². The van der Waals surface area contributed by atoms with Crippen LogP contribution < -0.4 is 5.69 Å². The van der Waals surface area contributed by atoms with Crippen LogP contribution in [0.15, 0.2) is 4.79 Å². The van der Waals surface area contributed by atoms with E-state index in [0.717, 1.165) is 6.54 Å². The van der Waals surface area contributed by atoms with Gasteiger partial charge in [0, 0.05) is 19.6 Å². The van der Waals surface area contributed by atoms with Gasteiger partial charge in [-0.05, 0) is 0 Å². The largest absolute Gasteiger partial charge is 0.343 e. The summed E-state index contributed by atoms with van der Waals surface area (Å²) in [6.45, 7) is 1.94. The van der Waals surface area contributed by atoms with Crippen LogP contribution in [0.2, 0.25) is 0 Å². The van der Waals surface area contributed by atoms with Gasteiger partial charge in [-0.25, -0.2) is 14.3 Å². The van der Waals surface area contributed by atoms with Crippen LogP contribution in [0.1, 0.15) is 5.82 Å². The van der Waals surface area contributed by atoms with Crippen LogP contribution in [0.4, 0.5) is 4.39 Å². The molecule has 2 rings (SSSR count). The molecule has 2 heterocycles. The Morgan fingerprint density at radius 2 is 2.38 bits per heavy atom. The van der Waals surface area contributed by atoms with Crippen molar-refractivity contribution in [2.24, 2.45) is 0 Å². The van der Waals surface area contributed by atoms with Gasteiger partial charge in [-0.2, -0.15) is 5.10 Å². The van der Waals surface area contributed by atoms with Gasteiger partial charge in [0.15, 0.2) is 0 Å². The minimum absolute atomic E-state index is 0.171. The summed E-state index contributed by atoms with van der Waals surface area (Å²) in [5.74, 6) is 0.699. The summed E-state index contributed by atoms with van der Waals surface area (Å²) < 4.78 is 13.6. The molecule has 1 aromatic rings. The Morgan fingerprint density at radius 3 is 3.15 bits per heavy atom. The number of hydrogen-bond acceptors (Lipinski definition) is 3. The topological polar surface area (TPSA) is 53.9 Å². The minimum atomic E-state index is -0.353. The fourth-order valence-corrected chi connectivity index (χ4v) is 1.53. The zero-order chi connectivity index (χ0) is 9.26. The first-order chi connectivity index (χ1) is 6.31. The van der Waals surface area contributed by atoms with Gasteiger partial charge >= 0.3 is 5.69 Å². The van der Waals surface area contributed by atoms with E-state index >= 15 is 0 Å². The molecule has 0 saturated carbocycles. The molecule has 1 aliphatic heterocycles. The second-order valence-corrected chi connectivity index (χ2v) is 3.06. The Kier molecular flexibility index (Phi) is 2.13. The maximum absolute atomic E-state index is 12.0. The fourth-order valence-electron chi connectivity index (χ4n) is 1.53. The second-order valence-electron chi connectivity index (χ2n) is 3.06. The molecule has 0 amide bonds. The van der Waals surface area contributed by atoms with E-state index in [1.807, 2.05) is 4.90 Å². The number of H-pyrrole nitrogens is 1. The summed E-state index contributed by atoms with van der Waals surface area (Å²) in [5.41, 5.74) is -0.171. The van der Waals surface area contributed by atoms with Crippen molar-refractivity contribution in [1.29, 1.82) is 0 Å². The zero-order valence-corrected chi connectivity index (χ0v) is 7.16. The van der Waals surface area contributed by atoms with Crippen molar-refractivity contribution in [3.63, 3.8) is 0 Å². The maximum atomic E-state index is 12.0. The minimum Gasteiger partial charge on any atom is -0.292 e. The van der Waals surface area contributed by atoms with E-state index in [1.165, 1.54) is 0 Å². The number of aromatic nitrogens is 3. The third-order valence-corrected chi connectivity index (χ3v) is 2.24. The molecule has 0 radical (unpaired) electrons. The Labute approximate surface area is 74.2 Å². The highest BCUT2D eigenvalue weighted by Crippen LogP contribution is 2.05. The van der Waals surface area contributed by atoms with Crippen LogP contribution in [0.3, 0.4) is 0 Å². The summed E-state index contributed by atoms with van der Waals surface area (Å²) in [6.07, 6.45) is 0. The number of rotatable bonds is 2. The molecule has 1 aromatic heterocycles.